The standard InChI is InChI=1S/C21H23FN2O2S/c1-3-21(14-7-8-14,15-9-11-16(22)12-10-15)18-13-23-20-17(18)5-4-6-19(20)24-27(2,25)26/h4-6,9-14,23-24H,3,7-8H2,1-2H3. The fourth-order valence-electron chi connectivity index (χ4n) is 4.43. The number of hydrogen-bond donors (Lipinski definition) is 2. The van der Waals surface area contributed by atoms with Gasteiger partial charge in [-0.1, -0.05) is 31.2 Å². The number of para-hydroxylation sites is 1. The molecule has 4 nitrogen and oxygen atoms in total. The van der Waals surface area contributed by atoms with Crippen molar-refractivity contribution in [2.45, 2.75) is 31.6 Å². The molecule has 6 heteroatoms. The van der Waals surface area contributed by atoms with Gasteiger partial charge in [0, 0.05) is 17.0 Å². The van der Waals surface area contributed by atoms with Crippen molar-refractivity contribution in [2.24, 2.45) is 5.92 Å². The Morgan fingerprint density at radius 2 is 1.89 bits per heavy atom. The number of aromatic amines is 1. The van der Waals surface area contributed by atoms with Crippen molar-refractivity contribution >= 4 is 26.6 Å². The van der Waals surface area contributed by atoms with Crippen molar-refractivity contribution in [1.82, 2.24) is 4.98 Å². The molecule has 1 fully saturated rings. The van der Waals surface area contributed by atoms with Crippen molar-refractivity contribution in [3.63, 3.8) is 0 Å². The first-order chi connectivity index (χ1) is 12.8. The Kier molecular flexibility index (Phi) is 4.26. The molecule has 1 saturated carbocycles. The second-order valence-corrected chi connectivity index (χ2v) is 9.16. The molecule has 1 atom stereocenters. The summed E-state index contributed by atoms with van der Waals surface area (Å²) in [6.07, 6.45) is 6.30. The normalized spacial score (nSPS) is 17.0. The Morgan fingerprint density at radius 1 is 1.19 bits per heavy atom. The second kappa shape index (κ2) is 6.37. The quantitative estimate of drug-likeness (QED) is 0.640. The van der Waals surface area contributed by atoms with Crippen LogP contribution in [0.15, 0.2) is 48.7 Å². The van der Waals surface area contributed by atoms with Gasteiger partial charge in [0.05, 0.1) is 17.5 Å². The second-order valence-electron chi connectivity index (χ2n) is 7.41. The molecule has 0 saturated heterocycles. The predicted molar refractivity (Wildman–Crippen MR) is 107 cm³/mol. The fourth-order valence-corrected chi connectivity index (χ4v) is 5.00. The highest BCUT2D eigenvalue weighted by atomic mass is 32.2. The Bertz CT molecular complexity index is 1090. The van der Waals surface area contributed by atoms with E-state index in [1.807, 2.05) is 30.5 Å². The third-order valence-electron chi connectivity index (χ3n) is 5.68. The number of fused-ring (bicyclic) bond motifs is 1. The summed E-state index contributed by atoms with van der Waals surface area (Å²) >= 11 is 0. The molecule has 3 aromatic rings. The molecule has 0 bridgehead atoms. The average molecular weight is 386 g/mol. The monoisotopic (exact) mass is 386 g/mol. The van der Waals surface area contributed by atoms with Gasteiger partial charge in [-0.15, -0.1) is 0 Å². The number of hydrogen-bond acceptors (Lipinski definition) is 2. The number of rotatable bonds is 6. The largest absolute Gasteiger partial charge is 0.359 e. The number of benzene rings is 2. The summed E-state index contributed by atoms with van der Waals surface area (Å²) in [5, 5.41) is 1.00. The van der Waals surface area contributed by atoms with Gasteiger partial charge in [-0.2, -0.15) is 0 Å². The minimum Gasteiger partial charge on any atom is -0.359 e. The highest BCUT2D eigenvalue weighted by Gasteiger charge is 2.47. The van der Waals surface area contributed by atoms with E-state index in [9.17, 15) is 12.8 Å². The van der Waals surface area contributed by atoms with E-state index < -0.39 is 10.0 Å². The van der Waals surface area contributed by atoms with Crippen LogP contribution in [-0.2, 0) is 15.4 Å². The summed E-state index contributed by atoms with van der Waals surface area (Å²) in [5.74, 6) is 0.261. The van der Waals surface area contributed by atoms with Gasteiger partial charge >= 0.3 is 0 Å². The third-order valence-corrected chi connectivity index (χ3v) is 6.27. The van der Waals surface area contributed by atoms with E-state index in [0.717, 1.165) is 47.5 Å². The highest BCUT2D eigenvalue weighted by molar-refractivity contribution is 7.92. The smallest absolute Gasteiger partial charge is 0.229 e. The molecule has 142 valence electrons. The maximum Gasteiger partial charge on any atom is 0.229 e. The van der Waals surface area contributed by atoms with Crippen LogP contribution in [0.4, 0.5) is 10.1 Å². The fraction of sp³-hybridized carbons (Fsp3) is 0.333. The summed E-state index contributed by atoms with van der Waals surface area (Å²) in [6.45, 7) is 2.17. The topological polar surface area (TPSA) is 62.0 Å². The molecule has 1 heterocycles. The summed E-state index contributed by atoms with van der Waals surface area (Å²) in [5.41, 5.74) is 3.36. The van der Waals surface area contributed by atoms with Crippen molar-refractivity contribution in [2.75, 3.05) is 11.0 Å². The Labute approximate surface area is 158 Å². The first kappa shape index (κ1) is 18.0. The van der Waals surface area contributed by atoms with Gasteiger partial charge in [0.15, 0.2) is 0 Å². The molecular formula is C21H23FN2O2S. The first-order valence-corrected chi connectivity index (χ1v) is 11.1. The zero-order valence-electron chi connectivity index (χ0n) is 15.4. The van der Waals surface area contributed by atoms with E-state index in [2.05, 4.69) is 16.6 Å². The lowest BCUT2D eigenvalue weighted by atomic mass is 9.68. The SMILES string of the molecule is CCC(c1ccc(F)cc1)(c1c[nH]c2c(NS(C)(=O)=O)cccc12)C1CC1. The van der Waals surface area contributed by atoms with Crippen LogP contribution >= 0.6 is 0 Å². The summed E-state index contributed by atoms with van der Waals surface area (Å²) in [6, 6.07) is 12.5. The number of nitrogens with one attached hydrogen (secondary N) is 2. The van der Waals surface area contributed by atoms with E-state index in [1.54, 1.807) is 6.07 Å². The zero-order chi connectivity index (χ0) is 19.2. The maximum atomic E-state index is 13.5. The Balaban J connectivity index is 1.93. The maximum absolute atomic E-state index is 13.5. The first-order valence-electron chi connectivity index (χ1n) is 9.19. The molecule has 2 N–H and O–H groups in total. The summed E-state index contributed by atoms with van der Waals surface area (Å²) < 4.78 is 39.6. The van der Waals surface area contributed by atoms with Crippen LogP contribution in [0.2, 0.25) is 0 Å². The number of halogens is 1. The minimum absolute atomic E-state index is 0.213. The number of H-pyrrole nitrogens is 1. The zero-order valence-corrected chi connectivity index (χ0v) is 16.2. The lowest BCUT2D eigenvalue weighted by Gasteiger charge is -2.34. The van der Waals surface area contributed by atoms with Crippen LogP contribution in [0.1, 0.15) is 37.3 Å². The third kappa shape index (κ3) is 3.12. The van der Waals surface area contributed by atoms with E-state index in [0.29, 0.717) is 11.6 Å². The van der Waals surface area contributed by atoms with Crippen LogP contribution in [0.25, 0.3) is 10.9 Å². The van der Waals surface area contributed by atoms with Crippen LogP contribution in [0.5, 0.6) is 0 Å². The molecule has 1 aromatic heterocycles. The van der Waals surface area contributed by atoms with Gasteiger partial charge in [0.2, 0.25) is 10.0 Å². The van der Waals surface area contributed by atoms with Gasteiger partial charge < -0.3 is 4.98 Å². The van der Waals surface area contributed by atoms with Crippen molar-refractivity contribution < 1.29 is 12.8 Å². The van der Waals surface area contributed by atoms with E-state index in [-0.39, 0.29) is 11.2 Å². The van der Waals surface area contributed by atoms with Gasteiger partial charge in [-0.25, -0.2) is 12.8 Å². The molecule has 0 amide bonds. The average Bonchev–Trinajstić information content (AvgIpc) is 3.37. The van der Waals surface area contributed by atoms with Gasteiger partial charge in [0.1, 0.15) is 5.82 Å². The van der Waals surface area contributed by atoms with Crippen LogP contribution in [-0.4, -0.2) is 19.7 Å². The Hall–Kier alpha value is -2.34. The van der Waals surface area contributed by atoms with E-state index in [1.165, 1.54) is 12.1 Å². The van der Waals surface area contributed by atoms with Crippen molar-refractivity contribution in [1.29, 1.82) is 0 Å². The molecule has 0 spiro atoms. The molecule has 1 unspecified atom stereocenters. The van der Waals surface area contributed by atoms with Crippen molar-refractivity contribution in [3.8, 4) is 0 Å². The molecular weight excluding hydrogens is 363 g/mol. The number of sulfonamides is 1. The lowest BCUT2D eigenvalue weighted by Crippen LogP contribution is -2.29. The number of aromatic nitrogens is 1. The summed E-state index contributed by atoms with van der Waals surface area (Å²) in [7, 11) is -3.37. The molecule has 4 rings (SSSR count). The van der Waals surface area contributed by atoms with Crippen LogP contribution < -0.4 is 4.72 Å². The summed E-state index contributed by atoms with van der Waals surface area (Å²) in [4.78, 5) is 3.28. The molecule has 1 aliphatic rings. The van der Waals surface area contributed by atoms with Crippen LogP contribution in [0.3, 0.4) is 0 Å². The lowest BCUT2D eigenvalue weighted by molar-refractivity contribution is 0.434. The number of anilines is 1. The van der Waals surface area contributed by atoms with Gasteiger partial charge in [0.25, 0.3) is 0 Å². The van der Waals surface area contributed by atoms with Crippen molar-refractivity contribution in [3.05, 3.63) is 65.6 Å². The molecule has 0 radical (unpaired) electrons. The predicted octanol–water partition coefficient (Wildman–Crippen LogP) is 4.78. The molecule has 0 aliphatic heterocycles. The van der Waals surface area contributed by atoms with Gasteiger partial charge in [-0.05, 0) is 54.5 Å². The highest BCUT2D eigenvalue weighted by Crippen LogP contribution is 2.55. The Morgan fingerprint density at radius 3 is 2.48 bits per heavy atom. The molecule has 2 aromatic carbocycles. The van der Waals surface area contributed by atoms with E-state index in [4.69, 9.17) is 0 Å². The van der Waals surface area contributed by atoms with E-state index >= 15 is 0 Å². The molecule has 1 aliphatic carbocycles. The molecule has 27 heavy (non-hydrogen) atoms. The van der Waals surface area contributed by atoms with Crippen LogP contribution in [0, 0.1) is 11.7 Å². The van der Waals surface area contributed by atoms with Gasteiger partial charge in [-0.3, -0.25) is 4.72 Å². The minimum atomic E-state index is -3.37.